The molecule has 0 bridgehead atoms. The quantitative estimate of drug-likeness (QED) is 0.792. The molecule has 20 heavy (non-hydrogen) atoms. The third-order valence-electron chi connectivity index (χ3n) is 2.82. The maximum atomic E-state index is 4.62. The lowest BCUT2D eigenvalue weighted by Crippen LogP contribution is -2.02. The summed E-state index contributed by atoms with van der Waals surface area (Å²) in [5.41, 5.74) is 4.58. The second-order valence-electron chi connectivity index (χ2n) is 4.23. The summed E-state index contributed by atoms with van der Waals surface area (Å²) in [6, 6.07) is 12.1. The van der Waals surface area contributed by atoms with Crippen LogP contribution in [0.25, 0.3) is 22.8 Å². The molecule has 0 aliphatic heterocycles. The van der Waals surface area contributed by atoms with Gasteiger partial charge in [0.25, 0.3) is 0 Å². The lowest BCUT2D eigenvalue weighted by molar-refractivity contribution is 1.11. The summed E-state index contributed by atoms with van der Waals surface area (Å²) >= 11 is 1.54. The van der Waals surface area contributed by atoms with E-state index >= 15 is 0 Å². The number of nitrogens with zero attached hydrogens (tertiary/aromatic N) is 3. The number of benzene rings is 1. The number of aromatic nitrogens is 3. The van der Waals surface area contributed by atoms with Crippen molar-refractivity contribution in [1.29, 1.82) is 0 Å². The van der Waals surface area contributed by atoms with E-state index in [9.17, 15) is 0 Å². The largest absolute Gasteiger partial charge is 0.370 e. The van der Waals surface area contributed by atoms with Crippen molar-refractivity contribution in [2.45, 2.75) is 6.92 Å². The Morgan fingerprint density at radius 1 is 1.10 bits per heavy atom. The summed E-state index contributed by atoms with van der Waals surface area (Å²) in [6.45, 7) is 2.87. The molecule has 0 saturated heterocycles. The first-order valence-corrected chi connectivity index (χ1v) is 7.38. The molecule has 5 heteroatoms. The van der Waals surface area contributed by atoms with Gasteiger partial charge in [-0.15, -0.1) is 11.3 Å². The second-order valence-corrected chi connectivity index (χ2v) is 4.95. The standard InChI is InChI=1S/C15H14N4S/c1-2-16-14-8-12(11-6-4-3-5-7-11)18-15(19-14)13-9-20-10-17-13/h3-10H,2H2,1H3,(H,16,18,19). The van der Waals surface area contributed by atoms with Crippen molar-refractivity contribution in [3.05, 3.63) is 47.3 Å². The molecule has 0 radical (unpaired) electrons. The first-order valence-electron chi connectivity index (χ1n) is 6.44. The van der Waals surface area contributed by atoms with E-state index in [1.807, 2.05) is 48.7 Å². The van der Waals surface area contributed by atoms with Crippen molar-refractivity contribution in [2.75, 3.05) is 11.9 Å². The molecule has 0 unspecified atom stereocenters. The first-order chi connectivity index (χ1) is 9.86. The summed E-state index contributed by atoms with van der Waals surface area (Å²) < 4.78 is 0. The summed E-state index contributed by atoms with van der Waals surface area (Å²) in [4.78, 5) is 13.4. The van der Waals surface area contributed by atoms with E-state index < -0.39 is 0 Å². The minimum Gasteiger partial charge on any atom is -0.370 e. The van der Waals surface area contributed by atoms with Crippen molar-refractivity contribution in [3.8, 4) is 22.8 Å². The van der Waals surface area contributed by atoms with Gasteiger partial charge in [-0.2, -0.15) is 0 Å². The highest BCUT2D eigenvalue weighted by Crippen LogP contribution is 2.24. The van der Waals surface area contributed by atoms with Gasteiger partial charge in [-0.25, -0.2) is 15.0 Å². The second kappa shape index (κ2) is 5.79. The smallest absolute Gasteiger partial charge is 0.181 e. The SMILES string of the molecule is CCNc1cc(-c2ccccc2)nc(-c2cscn2)n1. The molecule has 0 spiro atoms. The van der Waals surface area contributed by atoms with Gasteiger partial charge in [-0.05, 0) is 6.92 Å². The Kier molecular flexibility index (Phi) is 3.69. The highest BCUT2D eigenvalue weighted by Gasteiger charge is 2.09. The van der Waals surface area contributed by atoms with Crippen LogP contribution in [-0.4, -0.2) is 21.5 Å². The molecular weight excluding hydrogens is 268 g/mol. The number of hydrogen-bond donors (Lipinski definition) is 1. The van der Waals surface area contributed by atoms with E-state index in [1.54, 1.807) is 16.8 Å². The fourth-order valence-electron chi connectivity index (χ4n) is 1.91. The molecule has 0 fully saturated rings. The minimum atomic E-state index is 0.656. The number of anilines is 1. The summed E-state index contributed by atoms with van der Waals surface area (Å²) in [6.07, 6.45) is 0. The molecule has 1 N–H and O–H groups in total. The Morgan fingerprint density at radius 2 is 1.95 bits per heavy atom. The summed E-state index contributed by atoms with van der Waals surface area (Å²) in [5, 5.41) is 5.20. The zero-order valence-electron chi connectivity index (χ0n) is 11.1. The van der Waals surface area contributed by atoms with Crippen LogP contribution in [0.3, 0.4) is 0 Å². The molecule has 3 rings (SSSR count). The molecule has 0 saturated carbocycles. The highest BCUT2D eigenvalue weighted by molar-refractivity contribution is 7.07. The summed E-state index contributed by atoms with van der Waals surface area (Å²) in [7, 11) is 0. The Morgan fingerprint density at radius 3 is 2.65 bits per heavy atom. The van der Waals surface area contributed by atoms with Crippen LogP contribution in [0.2, 0.25) is 0 Å². The molecule has 0 atom stereocenters. The van der Waals surface area contributed by atoms with Gasteiger partial charge in [0.1, 0.15) is 11.5 Å². The molecule has 4 nitrogen and oxygen atoms in total. The zero-order chi connectivity index (χ0) is 13.8. The summed E-state index contributed by atoms with van der Waals surface area (Å²) in [5.74, 6) is 1.48. The molecule has 0 aliphatic carbocycles. The molecule has 2 heterocycles. The van der Waals surface area contributed by atoms with E-state index in [2.05, 4.69) is 20.3 Å². The van der Waals surface area contributed by atoms with Gasteiger partial charge >= 0.3 is 0 Å². The van der Waals surface area contributed by atoms with Crippen LogP contribution in [-0.2, 0) is 0 Å². The Hall–Kier alpha value is -2.27. The number of hydrogen-bond acceptors (Lipinski definition) is 5. The van der Waals surface area contributed by atoms with Crippen molar-refractivity contribution < 1.29 is 0 Å². The van der Waals surface area contributed by atoms with Crippen LogP contribution in [0.15, 0.2) is 47.3 Å². The third-order valence-corrected chi connectivity index (χ3v) is 3.40. The third kappa shape index (κ3) is 2.67. The average Bonchev–Trinajstić information content (AvgIpc) is 3.02. The lowest BCUT2D eigenvalue weighted by atomic mass is 10.1. The maximum Gasteiger partial charge on any atom is 0.181 e. The predicted octanol–water partition coefficient (Wildman–Crippen LogP) is 3.70. The molecule has 100 valence electrons. The van der Waals surface area contributed by atoms with E-state index in [0.717, 1.165) is 29.3 Å². The molecule has 0 amide bonds. The van der Waals surface area contributed by atoms with Crippen molar-refractivity contribution in [1.82, 2.24) is 15.0 Å². The molecule has 2 aromatic heterocycles. The monoisotopic (exact) mass is 282 g/mol. The number of nitrogens with one attached hydrogen (secondary N) is 1. The van der Waals surface area contributed by atoms with Crippen LogP contribution < -0.4 is 5.32 Å². The first kappa shape index (κ1) is 12.7. The Bertz CT molecular complexity index is 680. The number of thiazole rings is 1. The zero-order valence-corrected chi connectivity index (χ0v) is 11.9. The fourth-order valence-corrected chi connectivity index (χ4v) is 2.44. The van der Waals surface area contributed by atoms with Gasteiger partial charge in [-0.1, -0.05) is 30.3 Å². The Labute approximate surface area is 121 Å². The normalized spacial score (nSPS) is 10.4. The van der Waals surface area contributed by atoms with Gasteiger partial charge < -0.3 is 5.32 Å². The van der Waals surface area contributed by atoms with Crippen molar-refractivity contribution >= 4 is 17.2 Å². The van der Waals surface area contributed by atoms with Gasteiger partial charge in [-0.3, -0.25) is 0 Å². The predicted molar refractivity (Wildman–Crippen MR) is 82.7 cm³/mol. The van der Waals surface area contributed by atoms with Crippen LogP contribution in [0.1, 0.15) is 6.92 Å². The van der Waals surface area contributed by atoms with Crippen molar-refractivity contribution in [3.63, 3.8) is 0 Å². The van der Waals surface area contributed by atoms with Crippen LogP contribution >= 0.6 is 11.3 Å². The average molecular weight is 282 g/mol. The fraction of sp³-hybridized carbons (Fsp3) is 0.133. The van der Waals surface area contributed by atoms with Crippen LogP contribution in [0, 0.1) is 0 Å². The van der Waals surface area contributed by atoms with Crippen LogP contribution in [0.5, 0.6) is 0 Å². The molecule has 3 aromatic rings. The molecular formula is C15H14N4S. The van der Waals surface area contributed by atoms with Gasteiger partial charge in [0.05, 0.1) is 11.2 Å². The topological polar surface area (TPSA) is 50.7 Å². The molecule has 1 aromatic carbocycles. The van der Waals surface area contributed by atoms with E-state index in [1.165, 1.54) is 0 Å². The van der Waals surface area contributed by atoms with E-state index in [4.69, 9.17) is 0 Å². The van der Waals surface area contributed by atoms with Crippen molar-refractivity contribution in [2.24, 2.45) is 0 Å². The number of rotatable bonds is 4. The van der Waals surface area contributed by atoms with E-state index in [-0.39, 0.29) is 0 Å². The lowest BCUT2D eigenvalue weighted by Gasteiger charge is -2.08. The Balaban J connectivity index is 2.10. The van der Waals surface area contributed by atoms with Gasteiger partial charge in [0, 0.05) is 23.6 Å². The van der Waals surface area contributed by atoms with Gasteiger partial charge in [0.2, 0.25) is 0 Å². The molecule has 0 aliphatic rings. The highest BCUT2D eigenvalue weighted by atomic mass is 32.1. The van der Waals surface area contributed by atoms with Crippen LogP contribution in [0.4, 0.5) is 5.82 Å². The van der Waals surface area contributed by atoms with Gasteiger partial charge in [0.15, 0.2) is 5.82 Å². The van der Waals surface area contributed by atoms with E-state index in [0.29, 0.717) is 5.82 Å². The minimum absolute atomic E-state index is 0.656. The maximum absolute atomic E-state index is 4.62.